The molecular weight excluding hydrogens is 392 g/mol. The zero-order valence-corrected chi connectivity index (χ0v) is 20.2. The molecule has 2 nitrogen and oxygen atoms in total. The third-order valence-corrected chi connectivity index (χ3v) is 6.83. The van der Waals surface area contributed by atoms with Crippen LogP contribution in [-0.4, -0.2) is 10.2 Å². The Morgan fingerprint density at radius 1 is 0.562 bits per heavy atom. The van der Waals surface area contributed by atoms with Crippen molar-refractivity contribution in [3.05, 3.63) is 94.0 Å². The van der Waals surface area contributed by atoms with Crippen LogP contribution in [0.2, 0.25) is 0 Å². The van der Waals surface area contributed by atoms with Gasteiger partial charge in [0.15, 0.2) is 0 Å². The molecule has 0 aliphatic carbocycles. The maximum Gasteiger partial charge on any atom is 0.0790 e. The van der Waals surface area contributed by atoms with Gasteiger partial charge in [-0.2, -0.15) is 0 Å². The van der Waals surface area contributed by atoms with E-state index in [9.17, 15) is 10.2 Å². The second-order valence-electron chi connectivity index (χ2n) is 8.72. The Hall–Kier alpha value is -2.68. The molecule has 32 heavy (non-hydrogen) atoms. The van der Waals surface area contributed by atoms with Gasteiger partial charge in [-0.05, 0) is 108 Å². The summed E-state index contributed by atoms with van der Waals surface area (Å²) in [5.74, 6) is 0. The van der Waals surface area contributed by atoms with Crippen molar-refractivity contribution in [2.45, 2.75) is 66.6 Å². The monoisotopic (exact) mass is 428 g/mol. The number of rotatable bonds is 4. The average molecular weight is 429 g/mol. The molecule has 0 heterocycles. The molecule has 0 saturated heterocycles. The van der Waals surface area contributed by atoms with Gasteiger partial charge in [-0.3, -0.25) is 0 Å². The highest BCUT2D eigenvalue weighted by molar-refractivity contribution is 5.88. The van der Waals surface area contributed by atoms with Gasteiger partial charge in [0.1, 0.15) is 0 Å². The number of fused-ring (bicyclic) bond motifs is 2. The van der Waals surface area contributed by atoms with Crippen molar-refractivity contribution in [2.24, 2.45) is 0 Å². The highest BCUT2D eigenvalue weighted by Gasteiger charge is 2.13. The van der Waals surface area contributed by atoms with Gasteiger partial charge < -0.3 is 10.2 Å². The highest BCUT2D eigenvalue weighted by Crippen LogP contribution is 2.30. The third kappa shape index (κ3) is 4.72. The molecule has 0 aromatic heterocycles. The topological polar surface area (TPSA) is 40.5 Å². The summed E-state index contributed by atoms with van der Waals surface area (Å²) in [4.78, 5) is 0. The fourth-order valence-corrected chi connectivity index (χ4v) is 4.45. The lowest BCUT2D eigenvalue weighted by atomic mass is 9.92. The van der Waals surface area contributed by atoms with E-state index in [-0.39, 0.29) is 12.2 Å². The molecule has 4 rings (SSSR count). The summed E-state index contributed by atoms with van der Waals surface area (Å²) in [5, 5.41) is 25.0. The predicted molar refractivity (Wildman–Crippen MR) is 137 cm³/mol. The van der Waals surface area contributed by atoms with E-state index in [1.165, 1.54) is 43.8 Å². The van der Waals surface area contributed by atoms with E-state index in [1.54, 1.807) is 0 Å². The maximum atomic E-state index is 9.99. The first kappa shape index (κ1) is 24.0. The highest BCUT2D eigenvalue weighted by atomic mass is 16.3. The molecule has 168 valence electrons. The number of aliphatic hydroxyl groups is 2. The smallest absolute Gasteiger partial charge is 0.0790 e. The number of benzene rings is 4. The van der Waals surface area contributed by atoms with Crippen molar-refractivity contribution in [2.75, 3.05) is 0 Å². The van der Waals surface area contributed by atoms with E-state index in [2.05, 4.69) is 76.2 Å². The predicted octanol–water partition coefficient (Wildman–Crippen LogP) is 7.80. The molecular formula is C30H36O2. The first-order chi connectivity index (χ1) is 15.3. The minimum absolute atomic E-state index is 0.344. The van der Waals surface area contributed by atoms with Crippen molar-refractivity contribution in [3.63, 3.8) is 0 Å². The van der Waals surface area contributed by atoms with Crippen LogP contribution in [0.25, 0.3) is 21.5 Å². The van der Waals surface area contributed by atoms with Gasteiger partial charge in [0.05, 0.1) is 12.2 Å². The van der Waals surface area contributed by atoms with Crippen molar-refractivity contribution in [1.29, 1.82) is 0 Å². The fourth-order valence-electron chi connectivity index (χ4n) is 4.45. The summed E-state index contributed by atoms with van der Waals surface area (Å²) in [6.45, 7) is 12.5. The lowest BCUT2D eigenvalue weighted by Crippen LogP contribution is -2.00. The molecule has 0 unspecified atom stereocenters. The molecule has 0 spiro atoms. The molecule has 4 aromatic rings. The molecule has 2 atom stereocenters. The zero-order valence-electron chi connectivity index (χ0n) is 20.2. The van der Waals surface area contributed by atoms with Crippen molar-refractivity contribution in [3.8, 4) is 0 Å². The summed E-state index contributed by atoms with van der Waals surface area (Å²) in [6, 6.07) is 20.9. The number of hydrogen-bond acceptors (Lipinski definition) is 2. The minimum Gasteiger partial charge on any atom is -0.388 e. The molecule has 0 radical (unpaired) electrons. The van der Waals surface area contributed by atoms with Gasteiger partial charge in [-0.15, -0.1) is 0 Å². The fraction of sp³-hybridized carbons (Fsp3) is 0.333. The largest absolute Gasteiger partial charge is 0.388 e. The van der Waals surface area contributed by atoms with Crippen LogP contribution < -0.4 is 0 Å². The third-order valence-electron chi connectivity index (χ3n) is 6.83. The first-order valence-corrected chi connectivity index (χ1v) is 11.6. The number of aliphatic hydroxyl groups excluding tert-OH is 2. The van der Waals surface area contributed by atoms with Crippen LogP contribution in [-0.2, 0) is 0 Å². The second-order valence-corrected chi connectivity index (χ2v) is 8.72. The minimum atomic E-state index is -0.344. The molecule has 0 bridgehead atoms. The van der Waals surface area contributed by atoms with Crippen LogP contribution >= 0.6 is 0 Å². The van der Waals surface area contributed by atoms with Gasteiger partial charge >= 0.3 is 0 Å². The van der Waals surface area contributed by atoms with Crippen molar-refractivity contribution >= 4 is 21.5 Å². The quantitative estimate of drug-likeness (QED) is 0.348. The molecule has 0 amide bonds. The van der Waals surface area contributed by atoms with Gasteiger partial charge in [0, 0.05) is 0 Å². The van der Waals surface area contributed by atoms with E-state index >= 15 is 0 Å². The maximum absolute atomic E-state index is 9.99. The van der Waals surface area contributed by atoms with Crippen molar-refractivity contribution in [1.82, 2.24) is 0 Å². The summed E-state index contributed by atoms with van der Waals surface area (Å²) in [5.41, 5.74) is 7.12. The zero-order chi connectivity index (χ0) is 23.4. The second kappa shape index (κ2) is 10.3. The Morgan fingerprint density at radius 2 is 0.906 bits per heavy atom. The van der Waals surface area contributed by atoms with Gasteiger partial charge in [-0.1, -0.05) is 62.4 Å². The normalized spacial score (nSPS) is 13.0. The van der Waals surface area contributed by atoms with Crippen molar-refractivity contribution < 1.29 is 10.2 Å². The Kier molecular flexibility index (Phi) is 7.71. The number of aryl methyl sites for hydroxylation is 2. The number of hydrogen-bond donors (Lipinski definition) is 2. The Labute approximate surface area is 192 Å². The summed E-state index contributed by atoms with van der Waals surface area (Å²) >= 11 is 0. The van der Waals surface area contributed by atoms with E-state index in [4.69, 9.17) is 0 Å². The first-order valence-electron chi connectivity index (χ1n) is 11.6. The summed E-state index contributed by atoms with van der Waals surface area (Å²) in [7, 11) is 0. The molecule has 2 N–H and O–H groups in total. The van der Waals surface area contributed by atoms with E-state index in [0.29, 0.717) is 0 Å². The molecule has 0 fully saturated rings. The Bertz CT molecular complexity index is 1130. The molecule has 2 heteroatoms. The van der Waals surface area contributed by atoms with Crippen LogP contribution in [0.4, 0.5) is 0 Å². The van der Waals surface area contributed by atoms with Crippen LogP contribution in [0, 0.1) is 27.7 Å². The lowest BCUT2D eigenvalue weighted by Gasteiger charge is -2.16. The molecule has 4 aromatic carbocycles. The van der Waals surface area contributed by atoms with Gasteiger partial charge in [0.2, 0.25) is 0 Å². The van der Waals surface area contributed by atoms with Crippen LogP contribution in [0.1, 0.15) is 72.3 Å². The molecule has 0 aliphatic rings. The SMILES string of the molecule is CC[C@@H](O)c1cc2ccccc2c(C)c1C.CC[C@@H](O)c1cc2ccccc2c(C)c1C. The van der Waals surface area contributed by atoms with E-state index in [1.807, 2.05) is 26.0 Å². The van der Waals surface area contributed by atoms with E-state index in [0.717, 1.165) is 24.0 Å². The molecule has 0 saturated carbocycles. The van der Waals surface area contributed by atoms with Gasteiger partial charge in [-0.25, -0.2) is 0 Å². The van der Waals surface area contributed by atoms with Crippen LogP contribution in [0.15, 0.2) is 60.7 Å². The standard InChI is InChI=1S/2C15H18O/c2*1-4-15(16)14-9-12-7-5-6-8-13(12)10(2)11(14)3/h2*5-9,15-16H,4H2,1-3H3/t2*15-/m11/s1. The average Bonchev–Trinajstić information content (AvgIpc) is 2.83. The molecule has 0 aliphatic heterocycles. The summed E-state index contributed by atoms with van der Waals surface area (Å²) in [6.07, 6.45) is 0.837. The lowest BCUT2D eigenvalue weighted by molar-refractivity contribution is 0.173. The Morgan fingerprint density at radius 3 is 1.25 bits per heavy atom. The van der Waals surface area contributed by atoms with Gasteiger partial charge in [0.25, 0.3) is 0 Å². The summed E-state index contributed by atoms with van der Waals surface area (Å²) < 4.78 is 0. The Balaban J connectivity index is 0.000000181. The van der Waals surface area contributed by atoms with Crippen LogP contribution in [0.5, 0.6) is 0 Å². The van der Waals surface area contributed by atoms with Crippen LogP contribution in [0.3, 0.4) is 0 Å². The van der Waals surface area contributed by atoms with E-state index < -0.39 is 0 Å².